The zero-order chi connectivity index (χ0) is 10.9. The highest BCUT2D eigenvalue weighted by atomic mass is 16.5. The van der Waals surface area contributed by atoms with Crippen LogP contribution in [0.5, 0.6) is 0 Å². The van der Waals surface area contributed by atoms with Gasteiger partial charge in [0, 0.05) is 18.0 Å². The van der Waals surface area contributed by atoms with E-state index < -0.39 is 0 Å². The lowest BCUT2D eigenvalue weighted by molar-refractivity contribution is -0.137. The highest BCUT2D eigenvalue weighted by Gasteiger charge is 1.93. The maximum Gasteiger partial charge on any atom is 0.330 e. The second-order valence-corrected chi connectivity index (χ2v) is 3.01. The minimum absolute atomic E-state index is 0.279. The van der Waals surface area contributed by atoms with Gasteiger partial charge in [-0.2, -0.15) is 0 Å². The van der Waals surface area contributed by atoms with Crippen molar-refractivity contribution < 1.29 is 9.53 Å². The van der Waals surface area contributed by atoms with Gasteiger partial charge >= 0.3 is 5.97 Å². The summed E-state index contributed by atoms with van der Waals surface area (Å²) in [5, 5.41) is 0. The van der Waals surface area contributed by atoms with E-state index >= 15 is 0 Å². The van der Waals surface area contributed by atoms with Crippen LogP contribution >= 0.6 is 0 Å². The van der Waals surface area contributed by atoms with Crippen molar-refractivity contribution in [1.82, 2.24) is 4.98 Å². The molecule has 0 N–H and O–H groups in total. The molecule has 3 nitrogen and oxygen atoms in total. The zero-order valence-corrected chi connectivity index (χ0v) is 8.85. The normalized spacial score (nSPS) is 10.5. The Hall–Kier alpha value is -1.64. The second kappa shape index (κ2) is 6.76. The van der Waals surface area contributed by atoms with Crippen LogP contribution in [0.25, 0.3) is 0 Å². The van der Waals surface area contributed by atoms with Gasteiger partial charge in [-0.05, 0) is 31.9 Å². The molecule has 0 unspecified atom stereocenters. The van der Waals surface area contributed by atoms with Gasteiger partial charge in [0.15, 0.2) is 0 Å². The van der Waals surface area contributed by atoms with Crippen LogP contribution in [-0.4, -0.2) is 17.6 Å². The Balaban J connectivity index is 2.24. The molecule has 0 spiro atoms. The fourth-order valence-electron chi connectivity index (χ4n) is 1.15. The Morgan fingerprint density at radius 2 is 2.40 bits per heavy atom. The predicted molar refractivity (Wildman–Crippen MR) is 58.3 cm³/mol. The number of rotatable bonds is 5. The lowest BCUT2D eigenvalue weighted by atomic mass is 10.2. The molecule has 15 heavy (non-hydrogen) atoms. The number of hydrogen-bond acceptors (Lipinski definition) is 3. The molecular weight excluding hydrogens is 190 g/mol. The summed E-state index contributed by atoms with van der Waals surface area (Å²) in [6, 6.07) is 5.81. The van der Waals surface area contributed by atoms with Gasteiger partial charge in [-0.15, -0.1) is 0 Å². The number of ether oxygens (including phenoxy) is 1. The first kappa shape index (κ1) is 11.4. The van der Waals surface area contributed by atoms with Gasteiger partial charge in [0.25, 0.3) is 0 Å². The quantitative estimate of drug-likeness (QED) is 0.546. The van der Waals surface area contributed by atoms with E-state index in [1.807, 2.05) is 24.3 Å². The zero-order valence-electron chi connectivity index (χ0n) is 8.85. The number of pyridine rings is 1. The minimum atomic E-state index is -0.279. The molecule has 1 rings (SSSR count). The average Bonchev–Trinajstić information content (AvgIpc) is 2.26. The SMILES string of the molecule is CCOC(=O)/C=C/CCc1ccccn1. The molecule has 1 aromatic rings. The summed E-state index contributed by atoms with van der Waals surface area (Å²) in [6.07, 6.45) is 6.69. The minimum Gasteiger partial charge on any atom is -0.463 e. The smallest absolute Gasteiger partial charge is 0.330 e. The molecule has 0 radical (unpaired) electrons. The van der Waals surface area contributed by atoms with E-state index in [0.717, 1.165) is 18.5 Å². The van der Waals surface area contributed by atoms with Gasteiger partial charge in [0.1, 0.15) is 0 Å². The summed E-state index contributed by atoms with van der Waals surface area (Å²) >= 11 is 0. The van der Waals surface area contributed by atoms with Crippen LogP contribution in [0, 0.1) is 0 Å². The van der Waals surface area contributed by atoms with Crippen molar-refractivity contribution in [2.75, 3.05) is 6.61 Å². The summed E-state index contributed by atoms with van der Waals surface area (Å²) in [5.41, 5.74) is 1.03. The van der Waals surface area contributed by atoms with Crippen LogP contribution < -0.4 is 0 Å². The van der Waals surface area contributed by atoms with Gasteiger partial charge in [0.05, 0.1) is 6.61 Å². The molecule has 0 saturated carbocycles. The van der Waals surface area contributed by atoms with Gasteiger partial charge in [0.2, 0.25) is 0 Å². The average molecular weight is 205 g/mol. The van der Waals surface area contributed by atoms with Crippen molar-refractivity contribution in [3.8, 4) is 0 Å². The van der Waals surface area contributed by atoms with Crippen molar-refractivity contribution in [2.24, 2.45) is 0 Å². The Bertz CT molecular complexity index is 320. The molecule has 0 aromatic carbocycles. The molecule has 0 amide bonds. The Morgan fingerprint density at radius 1 is 1.53 bits per heavy atom. The first-order chi connectivity index (χ1) is 7.33. The molecule has 0 aliphatic rings. The topological polar surface area (TPSA) is 39.2 Å². The monoisotopic (exact) mass is 205 g/mol. The maximum absolute atomic E-state index is 10.9. The number of nitrogens with zero attached hydrogens (tertiary/aromatic N) is 1. The number of esters is 1. The Kier molecular flexibility index (Phi) is 5.15. The summed E-state index contributed by atoms with van der Waals surface area (Å²) in [4.78, 5) is 15.1. The summed E-state index contributed by atoms with van der Waals surface area (Å²) in [6.45, 7) is 2.21. The van der Waals surface area contributed by atoms with Gasteiger partial charge in [-0.3, -0.25) is 4.98 Å². The number of allylic oxidation sites excluding steroid dienone is 1. The molecular formula is C12H15NO2. The predicted octanol–water partition coefficient (Wildman–Crippen LogP) is 2.13. The third kappa shape index (κ3) is 4.96. The summed E-state index contributed by atoms with van der Waals surface area (Å²) < 4.78 is 4.75. The Labute approximate surface area is 89.8 Å². The number of carbonyl (C=O) groups excluding carboxylic acids is 1. The lowest BCUT2D eigenvalue weighted by Gasteiger charge is -1.96. The van der Waals surface area contributed by atoms with Crippen LogP contribution in [-0.2, 0) is 16.0 Å². The van der Waals surface area contributed by atoms with Crippen LogP contribution in [0.15, 0.2) is 36.5 Å². The standard InChI is InChI=1S/C12H15NO2/c1-2-15-12(14)9-4-3-7-11-8-5-6-10-13-11/h4-6,8-10H,2-3,7H2,1H3/b9-4+. The molecule has 0 aliphatic heterocycles. The van der Waals surface area contributed by atoms with Crippen molar-refractivity contribution in [1.29, 1.82) is 0 Å². The largest absolute Gasteiger partial charge is 0.463 e. The molecule has 0 atom stereocenters. The molecule has 1 heterocycles. The van der Waals surface area contributed by atoms with E-state index in [-0.39, 0.29) is 5.97 Å². The molecule has 0 bridgehead atoms. The van der Waals surface area contributed by atoms with E-state index in [1.165, 1.54) is 6.08 Å². The molecule has 80 valence electrons. The van der Waals surface area contributed by atoms with Crippen molar-refractivity contribution in [3.63, 3.8) is 0 Å². The third-order valence-electron chi connectivity index (χ3n) is 1.83. The van der Waals surface area contributed by atoms with Crippen molar-refractivity contribution in [2.45, 2.75) is 19.8 Å². The summed E-state index contributed by atoms with van der Waals surface area (Å²) in [7, 11) is 0. The summed E-state index contributed by atoms with van der Waals surface area (Å²) in [5.74, 6) is -0.279. The fraction of sp³-hybridized carbons (Fsp3) is 0.333. The van der Waals surface area contributed by atoms with Gasteiger partial charge in [-0.25, -0.2) is 4.79 Å². The van der Waals surface area contributed by atoms with Crippen LogP contribution in [0.4, 0.5) is 0 Å². The first-order valence-corrected chi connectivity index (χ1v) is 5.06. The number of aryl methyl sites for hydroxylation is 1. The lowest BCUT2D eigenvalue weighted by Crippen LogP contribution is -1.98. The number of aromatic nitrogens is 1. The van der Waals surface area contributed by atoms with Crippen molar-refractivity contribution >= 4 is 5.97 Å². The molecule has 0 aliphatic carbocycles. The van der Waals surface area contributed by atoms with E-state index in [0.29, 0.717) is 6.61 Å². The van der Waals surface area contributed by atoms with E-state index in [9.17, 15) is 4.79 Å². The van der Waals surface area contributed by atoms with Crippen LogP contribution in [0.2, 0.25) is 0 Å². The number of hydrogen-bond donors (Lipinski definition) is 0. The molecule has 0 fully saturated rings. The van der Waals surface area contributed by atoms with Crippen LogP contribution in [0.1, 0.15) is 19.0 Å². The van der Waals surface area contributed by atoms with E-state index in [2.05, 4.69) is 4.98 Å². The molecule has 3 heteroatoms. The van der Waals surface area contributed by atoms with Crippen molar-refractivity contribution in [3.05, 3.63) is 42.2 Å². The van der Waals surface area contributed by atoms with E-state index in [4.69, 9.17) is 4.74 Å². The number of carbonyl (C=O) groups is 1. The third-order valence-corrected chi connectivity index (χ3v) is 1.83. The fourth-order valence-corrected chi connectivity index (χ4v) is 1.15. The molecule has 0 saturated heterocycles. The first-order valence-electron chi connectivity index (χ1n) is 5.06. The maximum atomic E-state index is 10.9. The highest BCUT2D eigenvalue weighted by molar-refractivity contribution is 5.81. The highest BCUT2D eigenvalue weighted by Crippen LogP contribution is 1.99. The molecule has 1 aromatic heterocycles. The van der Waals surface area contributed by atoms with Gasteiger partial charge in [-0.1, -0.05) is 12.1 Å². The Morgan fingerprint density at radius 3 is 3.07 bits per heavy atom. The van der Waals surface area contributed by atoms with E-state index in [1.54, 1.807) is 13.1 Å². The second-order valence-electron chi connectivity index (χ2n) is 3.01. The van der Waals surface area contributed by atoms with Crippen LogP contribution in [0.3, 0.4) is 0 Å². The van der Waals surface area contributed by atoms with Gasteiger partial charge < -0.3 is 4.74 Å².